The molecule has 5 heteroatoms. The molecule has 31 heavy (non-hydrogen) atoms. The number of aliphatic carboxylic acids is 1. The van der Waals surface area contributed by atoms with Crippen LogP contribution in [0.4, 0.5) is 4.79 Å². The number of carboxylic acid groups (broad SMARTS) is 1. The molecule has 3 aromatic rings. The molecule has 0 aromatic heterocycles. The largest absolute Gasteiger partial charge is 0.481 e. The van der Waals surface area contributed by atoms with Gasteiger partial charge < -0.3 is 15.2 Å². The van der Waals surface area contributed by atoms with Crippen molar-refractivity contribution in [1.29, 1.82) is 0 Å². The summed E-state index contributed by atoms with van der Waals surface area (Å²) in [6.07, 6.45) is 0.898. The first-order valence-electron chi connectivity index (χ1n) is 10.5. The number of alkyl carbamates (subject to hydrolysis) is 1. The minimum Gasteiger partial charge on any atom is -0.481 e. The van der Waals surface area contributed by atoms with Gasteiger partial charge in [-0.2, -0.15) is 0 Å². The summed E-state index contributed by atoms with van der Waals surface area (Å²) in [5.74, 6) is -0.736. The molecule has 156 valence electrons. The van der Waals surface area contributed by atoms with E-state index in [2.05, 4.69) is 29.6 Å². The predicted octanol–water partition coefficient (Wildman–Crippen LogP) is 4.84. The van der Waals surface area contributed by atoms with Crippen LogP contribution in [0, 0.1) is 0 Å². The van der Waals surface area contributed by atoms with E-state index in [1.165, 1.54) is 22.3 Å². The third-order valence-electron chi connectivity index (χ3n) is 6.45. The molecule has 5 nitrogen and oxygen atoms in total. The summed E-state index contributed by atoms with van der Waals surface area (Å²) in [5.41, 5.74) is 5.77. The summed E-state index contributed by atoms with van der Waals surface area (Å²) in [4.78, 5) is 23.8. The molecule has 1 amide bonds. The van der Waals surface area contributed by atoms with E-state index in [-0.39, 0.29) is 12.5 Å². The first-order chi connectivity index (χ1) is 15.1. The van der Waals surface area contributed by atoms with E-state index in [9.17, 15) is 14.7 Å². The van der Waals surface area contributed by atoms with Gasteiger partial charge in [-0.1, -0.05) is 72.8 Å². The molecule has 0 atom stereocenters. The lowest BCUT2D eigenvalue weighted by Crippen LogP contribution is -2.25. The molecule has 0 radical (unpaired) electrons. The van der Waals surface area contributed by atoms with Crippen molar-refractivity contribution < 1.29 is 19.4 Å². The molecule has 1 saturated carbocycles. The number of carbonyl (C=O) groups excluding carboxylic acids is 1. The normalized spacial score (nSPS) is 15.6. The average Bonchev–Trinajstić information content (AvgIpc) is 3.55. The van der Waals surface area contributed by atoms with E-state index in [4.69, 9.17) is 4.74 Å². The number of carbonyl (C=O) groups is 2. The van der Waals surface area contributed by atoms with E-state index in [0.717, 1.165) is 11.1 Å². The predicted molar refractivity (Wildman–Crippen MR) is 117 cm³/mol. The standard InChI is InChI=1S/C26H23NO4/c28-24(29)26(13-14-26)18-11-9-17(10-12-18)15-27-25(30)31-16-23-21-7-3-1-5-19(21)20-6-2-4-8-22(20)23/h1-12,23H,13-16H2,(H,27,30)(H,28,29). The van der Waals surface area contributed by atoms with Gasteiger partial charge in [0.25, 0.3) is 0 Å². The number of amides is 1. The molecule has 1 fully saturated rings. The van der Waals surface area contributed by atoms with Gasteiger partial charge in [0.05, 0.1) is 5.41 Å². The zero-order valence-electron chi connectivity index (χ0n) is 17.0. The Hall–Kier alpha value is -3.60. The molecular formula is C26H23NO4. The van der Waals surface area contributed by atoms with Crippen molar-refractivity contribution >= 4 is 12.1 Å². The summed E-state index contributed by atoms with van der Waals surface area (Å²) < 4.78 is 5.55. The van der Waals surface area contributed by atoms with E-state index in [0.29, 0.717) is 19.4 Å². The molecule has 2 N–H and O–H groups in total. The molecule has 0 bridgehead atoms. The Kier molecular flexibility index (Phi) is 4.74. The highest BCUT2D eigenvalue weighted by molar-refractivity contribution is 5.85. The lowest BCUT2D eigenvalue weighted by molar-refractivity contribution is -0.140. The molecule has 0 spiro atoms. The second-order valence-corrected chi connectivity index (χ2v) is 8.26. The summed E-state index contributed by atoms with van der Waals surface area (Å²) in [6, 6.07) is 23.9. The minimum absolute atomic E-state index is 0.0307. The summed E-state index contributed by atoms with van der Waals surface area (Å²) in [6.45, 7) is 0.608. The molecule has 0 unspecified atom stereocenters. The van der Waals surface area contributed by atoms with Crippen LogP contribution in [0.3, 0.4) is 0 Å². The summed E-state index contributed by atoms with van der Waals surface area (Å²) in [5, 5.41) is 12.2. The van der Waals surface area contributed by atoms with Crippen molar-refractivity contribution in [3.8, 4) is 11.1 Å². The van der Waals surface area contributed by atoms with Crippen LogP contribution in [0.15, 0.2) is 72.8 Å². The molecule has 2 aliphatic carbocycles. The fourth-order valence-electron chi connectivity index (χ4n) is 4.52. The summed E-state index contributed by atoms with van der Waals surface area (Å²) in [7, 11) is 0. The van der Waals surface area contributed by atoms with Crippen LogP contribution in [0.5, 0.6) is 0 Å². The van der Waals surface area contributed by atoms with E-state index in [1.807, 2.05) is 48.5 Å². The third kappa shape index (κ3) is 3.46. The highest BCUT2D eigenvalue weighted by Gasteiger charge is 2.51. The van der Waals surface area contributed by atoms with Gasteiger partial charge in [-0.3, -0.25) is 4.79 Å². The average molecular weight is 413 g/mol. The number of hydrogen-bond acceptors (Lipinski definition) is 3. The Bertz CT molecular complexity index is 1100. The van der Waals surface area contributed by atoms with Crippen molar-refractivity contribution in [3.05, 3.63) is 95.1 Å². The number of rotatable bonds is 6. The van der Waals surface area contributed by atoms with E-state index in [1.54, 1.807) is 0 Å². The Morgan fingerprint density at radius 1 is 0.903 bits per heavy atom. The van der Waals surface area contributed by atoms with Crippen molar-refractivity contribution in [3.63, 3.8) is 0 Å². The Morgan fingerprint density at radius 2 is 1.48 bits per heavy atom. The van der Waals surface area contributed by atoms with Gasteiger partial charge >= 0.3 is 12.1 Å². The highest BCUT2D eigenvalue weighted by Crippen LogP contribution is 2.48. The molecule has 0 aliphatic heterocycles. The second-order valence-electron chi connectivity index (χ2n) is 8.26. The second kappa shape index (κ2) is 7.58. The van der Waals surface area contributed by atoms with Gasteiger partial charge in [0.1, 0.15) is 6.61 Å². The van der Waals surface area contributed by atoms with Gasteiger partial charge in [0.2, 0.25) is 0 Å². The number of benzene rings is 3. The number of hydrogen-bond donors (Lipinski definition) is 2. The van der Waals surface area contributed by atoms with Crippen LogP contribution in [0.2, 0.25) is 0 Å². The molecule has 2 aliphatic rings. The third-order valence-corrected chi connectivity index (χ3v) is 6.45. The SMILES string of the molecule is O=C(NCc1ccc(C2(C(=O)O)CC2)cc1)OCC1c2ccccc2-c2ccccc21. The van der Waals surface area contributed by atoms with Gasteiger partial charge in [0, 0.05) is 12.5 Å². The molecular weight excluding hydrogens is 390 g/mol. The fourth-order valence-corrected chi connectivity index (χ4v) is 4.52. The van der Waals surface area contributed by atoms with Gasteiger partial charge in [0.15, 0.2) is 0 Å². The molecule has 0 saturated heterocycles. The maximum atomic E-state index is 12.3. The quantitative estimate of drug-likeness (QED) is 0.606. The van der Waals surface area contributed by atoms with Crippen LogP contribution in [-0.2, 0) is 21.5 Å². The van der Waals surface area contributed by atoms with Crippen molar-refractivity contribution in [2.24, 2.45) is 0 Å². The van der Waals surface area contributed by atoms with Crippen LogP contribution < -0.4 is 5.32 Å². The van der Waals surface area contributed by atoms with E-state index < -0.39 is 17.5 Å². The Labute approximate surface area is 180 Å². The zero-order chi connectivity index (χ0) is 21.4. The first-order valence-corrected chi connectivity index (χ1v) is 10.5. The van der Waals surface area contributed by atoms with Crippen LogP contribution in [0.1, 0.15) is 41.0 Å². The van der Waals surface area contributed by atoms with Crippen LogP contribution >= 0.6 is 0 Å². The summed E-state index contributed by atoms with van der Waals surface area (Å²) >= 11 is 0. The smallest absolute Gasteiger partial charge is 0.407 e. The lowest BCUT2D eigenvalue weighted by Gasteiger charge is -2.15. The maximum absolute atomic E-state index is 12.3. The molecule has 0 heterocycles. The van der Waals surface area contributed by atoms with Crippen molar-refractivity contribution in [2.75, 3.05) is 6.61 Å². The topological polar surface area (TPSA) is 75.6 Å². The number of carboxylic acids is 1. The lowest BCUT2D eigenvalue weighted by atomic mass is 9.95. The Morgan fingerprint density at radius 3 is 2.03 bits per heavy atom. The van der Waals surface area contributed by atoms with Gasteiger partial charge in [-0.05, 0) is 46.2 Å². The minimum atomic E-state index is -0.767. The van der Waals surface area contributed by atoms with Gasteiger partial charge in [-0.15, -0.1) is 0 Å². The van der Waals surface area contributed by atoms with Gasteiger partial charge in [-0.25, -0.2) is 4.79 Å². The highest BCUT2D eigenvalue weighted by atomic mass is 16.5. The number of ether oxygens (including phenoxy) is 1. The van der Waals surface area contributed by atoms with E-state index >= 15 is 0 Å². The van der Waals surface area contributed by atoms with Crippen molar-refractivity contribution in [1.82, 2.24) is 5.32 Å². The van der Waals surface area contributed by atoms with Crippen molar-refractivity contribution in [2.45, 2.75) is 30.7 Å². The molecule has 3 aromatic carbocycles. The fraction of sp³-hybridized carbons (Fsp3) is 0.231. The maximum Gasteiger partial charge on any atom is 0.407 e. The monoisotopic (exact) mass is 413 g/mol. The Balaban J connectivity index is 1.19. The van der Waals surface area contributed by atoms with Crippen LogP contribution in [0.25, 0.3) is 11.1 Å². The number of fused-ring (bicyclic) bond motifs is 3. The zero-order valence-corrected chi connectivity index (χ0v) is 17.0. The van der Waals surface area contributed by atoms with Crippen LogP contribution in [-0.4, -0.2) is 23.8 Å². The first kappa shape index (κ1) is 19.4. The molecule has 5 rings (SSSR count). The number of nitrogens with one attached hydrogen (secondary N) is 1.